The number of halogens is 1. The first-order valence-corrected chi connectivity index (χ1v) is 4.81. The third-order valence-corrected chi connectivity index (χ3v) is 2.69. The van der Waals surface area contributed by atoms with Crippen molar-refractivity contribution in [3.8, 4) is 0 Å². The molecule has 0 spiro atoms. The van der Waals surface area contributed by atoms with Crippen LogP contribution in [-0.4, -0.2) is 14.6 Å². The van der Waals surface area contributed by atoms with Gasteiger partial charge in [-0.1, -0.05) is 11.3 Å². The molecule has 0 bridgehead atoms. The normalized spacial score (nSPS) is 10.8. The molecule has 6 heteroatoms. The van der Waals surface area contributed by atoms with Gasteiger partial charge in [-0.2, -0.15) is 4.52 Å². The lowest BCUT2D eigenvalue weighted by molar-refractivity contribution is 0.881. The van der Waals surface area contributed by atoms with Crippen LogP contribution in [0.25, 0.3) is 4.96 Å². The van der Waals surface area contributed by atoms with Crippen molar-refractivity contribution in [2.75, 3.05) is 0 Å². The van der Waals surface area contributed by atoms with Crippen molar-refractivity contribution >= 4 is 32.2 Å². The molecule has 0 radical (unpaired) electrons. The molecule has 0 fully saturated rings. The van der Waals surface area contributed by atoms with Crippen LogP contribution in [-0.2, 0) is 0 Å². The number of hydrogen-bond acceptors (Lipinski definition) is 4. The molecule has 12 heavy (non-hydrogen) atoms. The Hall–Kier alpha value is -0.750. The molecule has 2 aromatic heterocycles. The number of aromatic nitrogens is 3. The van der Waals surface area contributed by atoms with Crippen LogP contribution in [0.15, 0.2) is 14.8 Å². The fourth-order valence-corrected chi connectivity index (χ4v) is 2.17. The maximum absolute atomic E-state index is 11.3. The molecule has 2 rings (SSSR count). The predicted octanol–water partition coefficient (Wildman–Crippen LogP) is 1.22. The van der Waals surface area contributed by atoms with E-state index in [2.05, 4.69) is 26.0 Å². The third kappa shape index (κ3) is 1.16. The van der Waals surface area contributed by atoms with E-state index in [9.17, 15) is 4.79 Å². The molecule has 0 atom stereocenters. The number of fused-ring (bicyclic) bond motifs is 1. The summed E-state index contributed by atoms with van der Waals surface area (Å²) in [6, 6.07) is 1.46. The van der Waals surface area contributed by atoms with E-state index in [4.69, 9.17) is 0 Å². The Morgan fingerprint density at radius 2 is 2.42 bits per heavy atom. The Labute approximate surface area is 80.0 Å². The van der Waals surface area contributed by atoms with Gasteiger partial charge >= 0.3 is 0 Å². The smallest absolute Gasteiger partial charge is 0.267 e. The molecule has 0 aliphatic carbocycles. The van der Waals surface area contributed by atoms with Crippen LogP contribution in [0, 0.1) is 6.92 Å². The summed E-state index contributed by atoms with van der Waals surface area (Å²) >= 11 is 4.53. The fourth-order valence-electron chi connectivity index (χ4n) is 0.897. The summed E-state index contributed by atoms with van der Waals surface area (Å²) < 4.78 is 1.94. The molecule has 0 N–H and O–H groups in total. The van der Waals surface area contributed by atoms with Crippen LogP contribution >= 0.6 is 27.3 Å². The van der Waals surface area contributed by atoms with Crippen LogP contribution in [0.3, 0.4) is 0 Å². The molecular formula is C6H4BrN3OS. The standard InChI is InChI=1S/C6H4BrN3OS/c1-3-2-4(11)10-6(8-3)12-5(7)9-10/h2H,1H3. The Kier molecular flexibility index (Phi) is 1.73. The lowest BCUT2D eigenvalue weighted by atomic mass is 10.5. The number of hydrogen-bond donors (Lipinski definition) is 0. The van der Waals surface area contributed by atoms with E-state index in [1.807, 2.05) is 0 Å². The van der Waals surface area contributed by atoms with Crippen molar-refractivity contribution in [1.82, 2.24) is 14.6 Å². The molecule has 0 unspecified atom stereocenters. The van der Waals surface area contributed by atoms with Gasteiger partial charge in [-0.15, -0.1) is 5.10 Å². The summed E-state index contributed by atoms with van der Waals surface area (Å²) in [5.74, 6) is 0. The van der Waals surface area contributed by atoms with Crippen molar-refractivity contribution in [3.05, 3.63) is 26.0 Å². The summed E-state index contributed by atoms with van der Waals surface area (Å²) in [6.07, 6.45) is 0. The highest BCUT2D eigenvalue weighted by Gasteiger charge is 2.04. The van der Waals surface area contributed by atoms with Gasteiger partial charge in [0.15, 0.2) is 3.92 Å². The summed E-state index contributed by atoms with van der Waals surface area (Å²) in [6.45, 7) is 1.79. The van der Waals surface area contributed by atoms with E-state index in [1.54, 1.807) is 6.92 Å². The van der Waals surface area contributed by atoms with Gasteiger partial charge in [-0.05, 0) is 22.9 Å². The van der Waals surface area contributed by atoms with Crippen molar-refractivity contribution in [1.29, 1.82) is 0 Å². The van der Waals surface area contributed by atoms with E-state index in [0.29, 0.717) is 8.88 Å². The maximum atomic E-state index is 11.3. The molecule has 0 aliphatic rings. The Morgan fingerprint density at radius 1 is 1.67 bits per heavy atom. The quantitative estimate of drug-likeness (QED) is 0.702. The van der Waals surface area contributed by atoms with Gasteiger partial charge in [-0.3, -0.25) is 4.79 Å². The molecule has 4 nitrogen and oxygen atoms in total. The van der Waals surface area contributed by atoms with Gasteiger partial charge in [0.2, 0.25) is 4.96 Å². The van der Waals surface area contributed by atoms with Gasteiger partial charge in [0.25, 0.3) is 5.56 Å². The van der Waals surface area contributed by atoms with Crippen molar-refractivity contribution in [3.63, 3.8) is 0 Å². The highest BCUT2D eigenvalue weighted by Crippen LogP contribution is 2.16. The Morgan fingerprint density at radius 3 is 3.17 bits per heavy atom. The predicted molar refractivity (Wildman–Crippen MR) is 49.6 cm³/mol. The minimum Gasteiger partial charge on any atom is -0.267 e. The summed E-state index contributed by atoms with van der Waals surface area (Å²) in [5, 5.41) is 3.93. The molecule has 0 saturated heterocycles. The molecule has 0 saturated carbocycles. The second-order valence-electron chi connectivity index (χ2n) is 2.29. The maximum Gasteiger partial charge on any atom is 0.275 e. The summed E-state index contributed by atoms with van der Waals surface area (Å²) in [4.78, 5) is 16.0. The molecule has 2 aromatic rings. The molecular weight excluding hydrogens is 242 g/mol. The highest BCUT2D eigenvalue weighted by molar-refractivity contribution is 9.11. The zero-order chi connectivity index (χ0) is 8.72. The highest BCUT2D eigenvalue weighted by atomic mass is 79.9. The van der Waals surface area contributed by atoms with Crippen molar-refractivity contribution < 1.29 is 0 Å². The van der Waals surface area contributed by atoms with Crippen LogP contribution in [0.5, 0.6) is 0 Å². The van der Waals surface area contributed by atoms with E-state index in [1.165, 1.54) is 21.9 Å². The first kappa shape index (κ1) is 7.88. The zero-order valence-corrected chi connectivity index (χ0v) is 8.52. The van der Waals surface area contributed by atoms with Crippen LogP contribution in [0.1, 0.15) is 5.69 Å². The number of rotatable bonds is 0. The second kappa shape index (κ2) is 2.63. The van der Waals surface area contributed by atoms with Gasteiger partial charge in [-0.25, -0.2) is 4.98 Å². The minimum atomic E-state index is -0.139. The Balaban J connectivity index is 2.98. The van der Waals surface area contributed by atoms with E-state index in [0.717, 1.165) is 5.69 Å². The van der Waals surface area contributed by atoms with E-state index >= 15 is 0 Å². The van der Waals surface area contributed by atoms with Gasteiger partial charge in [0.1, 0.15) is 0 Å². The van der Waals surface area contributed by atoms with Crippen molar-refractivity contribution in [2.24, 2.45) is 0 Å². The fraction of sp³-hybridized carbons (Fsp3) is 0.167. The van der Waals surface area contributed by atoms with Gasteiger partial charge in [0.05, 0.1) is 0 Å². The molecule has 62 valence electrons. The minimum absolute atomic E-state index is 0.139. The van der Waals surface area contributed by atoms with Gasteiger partial charge in [0, 0.05) is 11.8 Å². The topological polar surface area (TPSA) is 47.3 Å². The zero-order valence-electron chi connectivity index (χ0n) is 6.11. The summed E-state index contributed by atoms with van der Waals surface area (Å²) in [5.41, 5.74) is 0.579. The van der Waals surface area contributed by atoms with Crippen LogP contribution in [0.4, 0.5) is 0 Å². The lowest BCUT2D eigenvalue weighted by Gasteiger charge is -1.89. The largest absolute Gasteiger partial charge is 0.275 e. The van der Waals surface area contributed by atoms with Gasteiger partial charge < -0.3 is 0 Å². The van der Waals surface area contributed by atoms with E-state index in [-0.39, 0.29) is 5.56 Å². The first-order valence-electron chi connectivity index (χ1n) is 3.20. The van der Waals surface area contributed by atoms with E-state index < -0.39 is 0 Å². The molecule has 0 aliphatic heterocycles. The number of nitrogens with zero attached hydrogens (tertiary/aromatic N) is 3. The SMILES string of the molecule is Cc1cc(=O)n2nc(Br)sc2n1. The summed E-state index contributed by atoms with van der Waals surface area (Å²) in [7, 11) is 0. The third-order valence-electron chi connectivity index (χ3n) is 1.35. The van der Waals surface area contributed by atoms with Crippen molar-refractivity contribution in [2.45, 2.75) is 6.92 Å². The van der Waals surface area contributed by atoms with Crippen LogP contribution in [0.2, 0.25) is 0 Å². The average molecular weight is 246 g/mol. The second-order valence-corrected chi connectivity index (χ2v) is 4.52. The first-order chi connectivity index (χ1) is 5.66. The van der Waals surface area contributed by atoms with Crippen LogP contribution < -0.4 is 5.56 Å². The molecule has 0 amide bonds. The molecule has 2 heterocycles. The molecule has 0 aromatic carbocycles. The lowest BCUT2D eigenvalue weighted by Crippen LogP contribution is -2.13. The monoisotopic (exact) mass is 245 g/mol. The average Bonchev–Trinajstić information content (AvgIpc) is 2.29. The Bertz CT molecular complexity index is 489. The number of aryl methyl sites for hydroxylation is 1.